The number of nitrogens with zero attached hydrogens (tertiary/aromatic N) is 1. The Morgan fingerprint density at radius 3 is 2.65 bits per heavy atom. The first kappa shape index (κ1) is 20.7. The molecule has 2 heterocycles. The topological polar surface area (TPSA) is 43.4 Å². The molecule has 4 nitrogen and oxygen atoms in total. The molecule has 8 heteroatoms. The molecular formula is C18H20Cl2F2N2O2. The van der Waals surface area contributed by atoms with Crippen molar-refractivity contribution in [1.29, 1.82) is 0 Å². The molecule has 1 aromatic heterocycles. The highest BCUT2D eigenvalue weighted by molar-refractivity contribution is 6.30. The first-order valence-corrected chi connectivity index (χ1v) is 8.54. The van der Waals surface area contributed by atoms with Gasteiger partial charge in [0, 0.05) is 23.2 Å². The van der Waals surface area contributed by atoms with Gasteiger partial charge in [-0.2, -0.15) is 0 Å². The second-order valence-corrected chi connectivity index (χ2v) is 6.52. The number of halogens is 4. The number of benzene rings is 1. The molecule has 3 rings (SSSR count). The van der Waals surface area contributed by atoms with E-state index in [0.717, 1.165) is 38.1 Å². The number of pyridine rings is 1. The molecule has 1 atom stereocenters. The number of rotatable bonds is 5. The van der Waals surface area contributed by atoms with E-state index in [1.807, 2.05) is 0 Å². The summed E-state index contributed by atoms with van der Waals surface area (Å²) in [6.07, 6.45) is 2.17. The van der Waals surface area contributed by atoms with Crippen LogP contribution in [0.15, 0.2) is 24.3 Å². The molecule has 0 amide bonds. The Morgan fingerprint density at radius 2 is 2.00 bits per heavy atom. The highest BCUT2D eigenvalue weighted by Gasteiger charge is 2.19. The van der Waals surface area contributed by atoms with Gasteiger partial charge in [0.25, 0.3) is 5.88 Å². The zero-order valence-corrected chi connectivity index (χ0v) is 15.8. The average molecular weight is 405 g/mol. The van der Waals surface area contributed by atoms with Crippen molar-refractivity contribution < 1.29 is 18.3 Å². The summed E-state index contributed by atoms with van der Waals surface area (Å²) >= 11 is 5.64. The highest BCUT2D eigenvalue weighted by atomic mass is 35.5. The van der Waals surface area contributed by atoms with E-state index in [2.05, 4.69) is 10.3 Å². The van der Waals surface area contributed by atoms with Crippen LogP contribution < -0.4 is 14.8 Å². The fraction of sp³-hybridized carbons (Fsp3) is 0.389. The van der Waals surface area contributed by atoms with E-state index in [9.17, 15) is 8.78 Å². The summed E-state index contributed by atoms with van der Waals surface area (Å²) in [7, 11) is 0. The molecule has 0 spiro atoms. The molecule has 1 saturated heterocycles. The predicted octanol–water partition coefficient (Wildman–Crippen LogP) is 4.91. The van der Waals surface area contributed by atoms with Crippen molar-refractivity contribution in [2.45, 2.75) is 19.8 Å². The van der Waals surface area contributed by atoms with Crippen molar-refractivity contribution >= 4 is 24.0 Å². The quantitative estimate of drug-likeness (QED) is 0.768. The second kappa shape index (κ2) is 9.35. The van der Waals surface area contributed by atoms with Crippen LogP contribution in [0.4, 0.5) is 8.78 Å². The molecule has 142 valence electrons. The van der Waals surface area contributed by atoms with Crippen LogP contribution in [0.5, 0.6) is 17.4 Å². The highest BCUT2D eigenvalue weighted by Crippen LogP contribution is 2.34. The van der Waals surface area contributed by atoms with E-state index >= 15 is 0 Å². The van der Waals surface area contributed by atoms with Crippen molar-refractivity contribution in [3.63, 3.8) is 0 Å². The van der Waals surface area contributed by atoms with Gasteiger partial charge in [-0.25, -0.2) is 13.8 Å². The molecule has 1 N–H and O–H groups in total. The standard InChI is InChI=1S/C18H19ClF2N2O2.ClH/c1-11-4-5-16(24-10-12-3-2-6-22-9-12)18(23-11)25-17-14(20)7-13(19)8-15(17)21;/h4-5,7-8,12,22H,2-3,6,9-10H2,1H3;1H. The molecule has 0 aliphatic carbocycles. The maximum atomic E-state index is 14.0. The minimum Gasteiger partial charge on any atom is -0.488 e. The molecule has 0 saturated carbocycles. The third-order valence-electron chi connectivity index (χ3n) is 4.00. The number of aryl methyl sites for hydroxylation is 1. The Kier molecular flexibility index (Phi) is 7.43. The van der Waals surface area contributed by atoms with Gasteiger partial charge in [0.05, 0.1) is 6.61 Å². The number of ether oxygens (including phenoxy) is 2. The maximum absolute atomic E-state index is 14.0. The molecule has 1 aromatic carbocycles. The Bertz CT molecular complexity index is 733. The number of piperidine rings is 1. The van der Waals surface area contributed by atoms with E-state index in [1.54, 1.807) is 19.1 Å². The molecule has 0 bridgehead atoms. The molecular weight excluding hydrogens is 385 g/mol. The minimum absolute atomic E-state index is 0. The van der Waals surface area contributed by atoms with Gasteiger partial charge in [-0.3, -0.25) is 0 Å². The maximum Gasteiger partial charge on any atom is 0.262 e. The van der Waals surface area contributed by atoms with E-state index in [4.69, 9.17) is 21.1 Å². The van der Waals surface area contributed by atoms with E-state index in [0.29, 0.717) is 24.0 Å². The smallest absolute Gasteiger partial charge is 0.262 e. The summed E-state index contributed by atoms with van der Waals surface area (Å²) in [5.41, 5.74) is 0.650. The second-order valence-electron chi connectivity index (χ2n) is 6.08. The van der Waals surface area contributed by atoms with Crippen molar-refractivity contribution in [1.82, 2.24) is 10.3 Å². The molecule has 0 radical (unpaired) electrons. The summed E-state index contributed by atoms with van der Waals surface area (Å²) in [6.45, 7) is 4.15. The Hall–Kier alpha value is -1.63. The Balaban J connectivity index is 0.00000243. The van der Waals surface area contributed by atoms with E-state index in [-0.39, 0.29) is 23.3 Å². The van der Waals surface area contributed by atoms with Gasteiger partial charge < -0.3 is 14.8 Å². The normalized spacial score (nSPS) is 16.7. The van der Waals surface area contributed by atoms with Crippen molar-refractivity contribution in [3.05, 3.63) is 46.6 Å². The molecule has 1 aliphatic heterocycles. The van der Waals surface area contributed by atoms with Crippen LogP contribution in [-0.4, -0.2) is 24.7 Å². The fourth-order valence-corrected chi connectivity index (χ4v) is 2.89. The van der Waals surface area contributed by atoms with E-state index < -0.39 is 17.4 Å². The van der Waals surface area contributed by atoms with Gasteiger partial charge >= 0.3 is 0 Å². The summed E-state index contributed by atoms with van der Waals surface area (Å²) in [6, 6.07) is 5.43. The Labute approximate surface area is 162 Å². The number of aromatic nitrogens is 1. The number of hydrogen-bond acceptors (Lipinski definition) is 4. The van der Waals surface area contributed by atoms with E-state index in [1.165, 1.54) is 0 Å². The van der Waals surface area contributed by atoms with Gasteiger partial charge in [0.2, 0.25) is 5.75 Å². The average Bonchev–Trinajstić information content (AvgIpc) is 2.58. The molecule has 1 fully saturated rings. The van der Waals surface area contributed by atoms with Crippen LogP contribution in [0.25, 0.3) is 0 Å². The van der Waals surface area contributed by atoms with Crippen LogP contribution in [-0.2, 0) is 0 Å². The van der Waals surface area contributed by atoms with Crippen LogP contribution >= 0.6 is 24.0 Å². The first-order chi connectivity index (χ1) is 12.0. The zero-order chi connectivity index (χ0) is 17.8. The molecule has 1 aliphatic rings. The van der Waals surface area contributed by atoms with Gasteiger partial charge in [-0.05, 0) is 50.6 Å². The largest absolute Gasteiger partial charge is 0.488 e. The lowest BCUT2D eigenvalue weighted by atomic mass is 10.0. The fourth-order valence-electron chi connectivity index (χ4n) is 2.70. The molecule has 26 heavy (non-hydrogen) atoms. The lowest BCUT2D eigenvalue weighted by Gasteiger charge is -2.23. The van der Waals surface area contributed by atoms with Crippen LogP contribution in [0.3, 0.4) is 0 Å². The lowest BCUT2D eigenvalue weighted by Crippen LogP contribution is -2.33. The van der Waals surface area contributed by atoms with Crippen LogP contribution in [0, 0.1) is 24.5 Å². The predicted molar refractivity (Wildman–Crippen MR) is 98.8 cm³/mol. The zero-order valence-electron chi connectivity index (χ0n) is 14.2. The number of hydrogen-bond donors (Lipinski definition) is 1. The van der Waals surface area contributed by atoms with Crippen molar-refractivity contribution in [3.8, 4) is 17.4 Å². The van der Waals surface area contributed by atoms with Gasteiger partial charge in [-0.1, -0.05) is 11.6 Å². The lowest BCUT2D eigenvalue weighted by molar-refractivity contribution is 0.211. The Morgan fingerprint density at radius 1 is 1.27 bits per heavy atom. The van der Waals surface area contributed by atoms with Crippen LogP contribution in [0.1, 0.15) is 18.5 Å². The summed E-state index contributed by atoms with van der Waals surface area (Å²) in [5, 5.41) is 3.28. The van der Waals surface area contributed by atoms with Crippen molar-refractivity contribution in [2.24, 2.45) is 5.92 Å². The number of nitrogens with one attached hydrogen (secondary N) is 1. The molecule has 2 aromatic rings. The summed E-state index contributed by atoms with van der Waals surface area (Å²) < 4.78 is 39.2. The van der Waals surface area contributed by atoms with Gasteiger partial charge in [0.1, 0.15) is 0 Å². The summed E-state index contributed by atoms with van der Waals surface area (Å²) in [5.74, 6) is -1.57. The van der Waals surface area contributed by atoms with Gasteiger partial charge in [-0.15, -0.1) is 12.4 Å². The first-order valence-electron chi connectivity index (χ1n) is 8.16. The summed E-state index contributed by atoms with van der Waals surface area (Å²) in [4.78, 5) is 4.21. The minimum atomic E-state index is -0.893. The van der Waals surface area contributed by atoms with Crippen molar-refractivity contribution in [2.75, 3.05) is 19.7 Å². The molecule has 1 unspecified atom stereocenters. The van der Waals surface area contributed by atoms with Crippen LogP contribution in [0.2, 0.25) is 5.02 Å². The monoisotopic (exact) mass is 404 g/mol. The van der Waals surface area contributed by atoms with Gasteiger partial charge in [0.15, 0.2) is 17.4 Å². The third kappa shape index (κ3) is 5.19. The third-order valence-corrected chi connectivity index (χ3v) is 4.22. The SMILES string of the molecule is Cc1ccc(OCC2CCCNC2)c(Oc2c(F)cc(Cl)cc2F)n1.Cl.